The average molecular weight is 371 g/mol. The minimum absolute atomic E-state index is 0.257. The van der Waals surface area contributed by atoms with Crippen molar-refractivity contribution in [1.82, 2.24) is 4.90 Å². The Morgan fingerprint density at radius 3 is 2.26 bits per heavy atom. The first-order valence-corrected chi connectivity index (χ1v) is 9.02. The average Bonchev–Trinajstić information content (AvgIpc) is 2.68. The third-order valence-corrected chi connectivity index (χ3v) is 5.09. The number of carbonyl (C=O) groups is 1. The normalized spacial score (nSPS) is 13.1. The van der Waals surface area contributed by atoms with Crippen molar-refractivity contribution in [2.24, 2.45) is 0 Å². The lowest BCUT2D eigenvalue weighted by atomic mass is 9.87. The molecule has 0 N–H and O–H groups in total. The molecule has 0 bridgehead atoms. The van der Waals surface area contributed by atoms with Gasteiger partial charge in [0.25, 0.3) is 0 Å². The summed E-state index contributed by atoms with van der Waals surface area (Å²) in [6.45, 7) is 4.23. The molecule has 0 spiro atoms. The maximum absolute atomic E-state index is 12.7. The monoisotopic (exact) mass is 371 g/mol. The van der Waals surface area contributed by atoms with Crippen LogP contribution in [0.15, 0.2) is 42.5 Å². The predicted molar refractivity (Wildman–Crippen MR) is 107 cm³/mol. The third kappa shape index (κ3) is 4.25. The van der Waals surface area contributed by atoms with Gasteiger partial charge < -0.3 is 14.2 Å². The van der Waals surface area contributed by atoms with Crippen molar-refractivity contribution >= 4 is 5.97 Å². The van der Waals surface area contributed by atoms with Gasteiger partial charge in [-0.25, -0.2) is 4.79 Å². The number of likely N-dealkylation sites (N-methyl/N-ethyl adjacent to an activating group) is 1. The van der Waals surface area contributed by atoms with Gasteiger partial charge in [0.2, 0.25) is 0 Å². The van der Waals surface area contributed by atoms with E-state index in [1.54, 1.807) is 26.4 Å². The molecule has 5 nitrogen and oxygen atoms in total. The molecule has 2 aromatic carbocycles. The molecule has 0 aliphatic heterocycles. The molecule has 0 saturated heterocycles. The zero-order valence-corrected chi connectivity index (χ0v) is 17.0. The van der Waals surface area contributed by atoms with Crippen molar-refractivity contribution < 1.29 is 19.0 Å². The lowest BCUT2D eigenvalue weighted by Crippen LogP contribution is -2.45. The maximum Gasteiger partial charge on any atom is 0.338 e. The highest BCUT2D eigenvalue weighted by Gasteiger charge is 2.34. The second-order valence-corrected chi connectivity index (χ2v) is 6.75. The van der Waals surface area contributed by atoms with E-state index in [1.165, 1.54) is 0 Å². The molecule has 1 atom stereocenters. The molecule has 146 valence electrons. The second kappa shape index (κ2) is 8.91. The topological polar surface area (TPSA) is 48.0 Å². The summed E-state index contributed by atoms with van der Waals surface area (Å²) in [6.07, 6.45) is 0.808. The van der Waals surface area contributed by atoms with Gasteiger partial charge in [0.1, 0.15) is 6.61 Å². The number of hydrogen-bond acceptors (Lipinski definition) is 5. The Morgan fingerprint density at radius 1 is 1.07 bits per heavy atom. The molecule has 27 heavy (non-hydrogen) atoms. The van der Waals surface area contributed by atoms with Crippen LogP contribution in [0.4, 0.5) is 0 Å². The number of rotatable bonds is 8. The van der Waals surface area contributed by atoms with Gasteiger partial charge in [-0.2, -0.15) is 0 Å². The quantitative estimate of drug-likeness (QED) is 0.656. The second-order valence-electron chi connectivity index (χ2n) is 6.75. The largest absolute Gasteiger partial charge is 0.493 e. The maximum atomic E-state index is 12.7. The molecule has 2 rings (SSSR count). The fraction of sp³-hybridized carbons (Fsp3) is 0.409. The van der Waals surface area contributed by atoms with Crippen LogP contribution in [0.3, 0.4) is 0 Å². The smallest absolute Gasteiger partial charge is 0.338 e. The van der Waals surface area contributed by atoms with Crippen LogP contribution in [0.2, 0.25) is 0 Å². The Balaban J connectivity index is 2.28. The molecule has 0 saturated carbocycles. The van der Waals surface area contributed by atoms with E-state index in [0.29, 0.717) is 17.1 Å². The van der Waals surface area contributed by atoms with E-state index in [4.69, 9.17) is 14.2 Å². The summed E-state index contributed by atoms with van der Waals surface area (Å²) in [5, 5.41) is 0. The van der Waals surface area contributed by atoms with Crippen LogP contribution in [-0.4, -0.2) is 45.8 Å². The van der Waals surface area contributed by atoms with Gasteiger partial charge in [0.15, 0.2) is 11.5 Å². The highest BCUT2D eigenvalue weighted by molar-refractivity contribution is 5.90. The van der Waals surface area contributed by atoms with Crippen molar-refractivity contribution in [3.05, 3.63) is 59.2 Å². The fourth-order valence-electron chi connectivity index (χ4n) is 3.38. The number of nitrogens with zero attached hydrogens (tertiary/aromatic N) is 1. The number of carbonyl (C=O) groups excluding carboxylic acids is 1. The van der Waals surface area contributed by atoms with Crippen molar-refractivity contribution in [1.29, 1.82) is 0 Å². The molecule has 0 aliphatic rings. The van der Waals surface area contributed by atoms with Gasteiger partial charge in [-0.15, -0.1) is 0 Å². The first-order chi connectivity index (χ1) is 12.9. The standard InChI is InChI=1S/C22H29NO4/c1-7-22(23(3)4,18-11-9-8-10-12-18)15-27-21(24)17-13-16(2)20(26-6)19(14-17)25-5/h8-14H,7,15H2,1-6H3. The van der Waals surface area contributed by atoms with Crippen LogP contribution >= 0.6 is 0 Å². The number of ether oxygens (including phenoxy) is 3. The van der Waals surface area contributed by atoms with Crippen LogP contribution in [0.1, 0.15) is 34.8 Å². The Bertz CT molecular complexity index is 773. The first-order valence-electron chi connectivity index (χ1n) is 9.02. The number of benzene rings is 2. The van der Waals surface area contributed by atoms with Gasteiger partial charge in [-0.3, -0.25) is 4.90 Å². The lowest BCUT2D eigenvalue weighted by molar-refractivity contribution is 0.0119. The minimum Gasteiger partial charge on any atom is -0.493 e. The number of methoxy groups -OCH3 is 2. The molecular formula is C22H29NO4. The summed E-state index contributed by atoms with van der Waals surface area (Å²) in [5.74, 6) is 0.756. The molecule has 0 aromatic heterocycles. The van der Waals surface area contributed by atoms with Crippen molar-refractivity contribution in [2.75, 3.05) is 34.9 Å². The van der Waals surface area contributed by atoms with E-state index < -0.39 is 0 Å². The van der Waals surface area contributed by atoms with Crippen LogP contribution in [0.5, 0.6) is 11.5 Å². The number of aryl methyl sites for hydroxylation is 1. The summed E-state index contributed by atoms with van der Waals surface area (Å²) >= 11 is 0. The first kappa shape index (κ1) is 20.8. The summed E-state index contributed by atoms with van der Waals surface area (Å²) in [4.78, 5) is 14.9. The number of esters is 1. The molecule has 0 aliphatic carbocycles. The van der Waals surface area contributed by atoms with Crippen molar-refractivity contribution in [2.45, 2.75) is 25.8 Å². The highest BCUT2D eigenvalue weighted by Crippen LogP contribution is 2.33. The van der Waals surface area contributed by atoms with Gasteiger partial charge in [0.05, 0.1) is 25.3 Å². The Kier molecular flexibility index (Phi) is 6.86. The van der Waals surface area contributed by atoms with Gasteiger partial charge in [-0.05, 0) is 50.7 Å². The molecule has 0 fully saturated rings. The lowest BCUT2D eigenvalue weighted by Gasteiger charge is -2.39. The van der Waals surface area contributed by atoms with Gasteiger partial charge in [-0.1, -0.05) is 37.3 Å². The van der Waals surface area contributed by atoms with E-state index in [2.05, 4.69) is 24.0 Å². The SMILES string of the molecule is CCC(COC(=O)c1cc(C)c(OC)c(OC)c1)(c1ccccc1)N(C)C. The summed E-state index contributed by atoms with van der Waals surface area (Å²) in [6, 6.07) is 13.5. The molecule has 0 heterocycles. The Labute approximate surface area is 161 Å². The van der Waals surface area contributed by atoms with E-state index >= 15 is 0 Å². The van der Waals surface area contributed by atoms with Crippen molar-refractivity contribution in [3.8, 4) is 11.5 Å². The van der Waals surface area contributed by atoms with Gasteiger partial charge in [0, 0.05) is 0 Å². The van der Waals surface area contributed by atoms with E-state index in [0.717, 1.165) is 17.5 Å². The zero-order valence-electron chi connectivity index (χ0n) is 17.0. The Hall–Kier alpha value is -2.53. The Morgan fingerprint density at radius 2 is 1.74 bits per heavy atom. The predicted octanol–water partition coefficient (Wildman–Crippen LogP) is 4.04. The molecule has 1 unspecified atom stereocenters. The summed E-state index contributed by atoms with van der Waals surface area (Å²) in [7, 11) is 7.14. The van der Waals surface area contributed by atoms with E-state index in [1.807, 2.05) is 39.2 Å². The summed E-state index contributed by atoms with van der Waals surface area (Å²) < 4.78 is 16.4. The fourth-order valence-corrected chi connectivity index (χ4v) is 3.38. The summed E-state index contributed by atoms with van der Waals surface area (Å²) in [5.41, 5.74) is 2.00. The molecule has 0 amide bonds. The van der Waals surface area contributed by atoms with Crippen molar-refractivity contribution in [3.63, 3.8) is 0 Å². The molecular weight excluding hydrogens is 342 g/mol. The minimum atomic E-state index is -0.386. The highest BCUT2D eigenvalue weighted by atomic mass is 16.5. The number of hydrogen-bond donors (Lipinski definition) is 0. The zero-order chi connectivity index (χ0) is 20.0. The van der Waals surface area contributed by atoms with E-state index in [9.17, 15) is 4.79 Å². The van der Waals surface area contributed by atoms with Crippen LogP contribution < -0.4 is 9.47 Å². The van der Waals surface area contributed by atoms with Crippen LogP contribution in [-0.2, 0) is 10.3 Å². The molecule has 0 radical (unpaired) electrons. The van der Waals surface area contributed by atoms with Crippen LogP contribution in [0.25, 0.3) is 0 Å². The van der Waals surface area contributed by atoms with E-state index in [-0.39, 0.29) is 18.1 Å². The molecule has 5 heteroatoms. The molecule has 2 aromatic rings. The van der Waals surface area contributed by atoms with Gasteiger partial charge >= 0.3 is 5.97 Å². The third-order valence-electron chi connectivity index (χ3n) is 5.09. The van der Waals surface area contributed by atoms with Crippen LogP contribution in [0, 0.1) is 6.92 Å².